The fourth-order valence-corrected chi connectivity index (χ4v) is 12.2. The van der Waals surface area contributed by atoms with E-state index in [4.69, 9.17) is 9.40 Å². The molecule has 0 N–H and O–H groups in total. The van der Waals surface area contributed by atoms with Gasteiger partial charge >= 0.3 is 106 Å². The number of aromatic nitrogens is 2. The number of aryl methyl sites for hydroxylation is 1. The van der Waals surface area contributed by atoms with Crippen molar-refractivity contribution in [1.82, 2.24) is 9.97 Å². The Morgan fingerprint density at radius 2 is 1.60 bits per heavy atom. The summed E-state index contributed by atoms with van der Waals surface area (Å²) >= 11 is -1.77. The fourth-order valence-electron chi connectivity index (χ4n) is 8.61. The SMILES string of the molecule is Cc1cc(-c2[c-]cccc2)nc[c]1[Ge]([CH3])([CH3])[CH3].Fc1ccc(-c2cccc3c2oc2c[c-]c(-c4cc(CC5CC6CCC5CC6)ccn4)cc23)cc1.[Ir]. The molecule has 6 heteroatoms. The molecule has 3 heterocycles. The van der Waals surface area contributed by atoms with E-state index in [0.29, 0.717) is 0 Å². The molecule has 0 aliphatic heterocycles. The molecule has 3 aliphatic rings. The number of fused-ring (bicyclic) bond motifs is 6. The van der Waals surface area contributed by atoms with E-state index >= 15 is 0 Å². The maximum atomic E-state index is 13.5. The molecule has 10 rings (SSSR count). The molecule has 2 bridgehead atoms. The molecule has 3 aromatic heterocycles. The second-order valence-electron chi connectivity index (χ2n) is 15.9. The number of pyridine rings is 2. The third kappa shape index (κ3) is 8.14. The Kier molecular flexibility index (Phi) is 11.2. The van der Waals surface area contributed by atoms with Crippen LogP contribution in [-0.2, 0) is 26.5 Å². The molecule has 1 unspecified atom stereocenters. The number of furan rings is 1. The van der Waals surface area contributed by atoms with E-state index in [1.54, 1.807) is 12.1 Å². The Hall–Kier alpha value is -3.90. The molecule has 3 aliphatic carbocycles. The molecule has 53 heavy (non-hydrogen) atoms. The van der Waals surface area contributed by atoms with Crippen molar-refractivity contribution in [2.24, 2.45) is 17.8 Å². The molecule has 1 radical (unpaired) electrons. The summed E-state index contributed by atoms with van der Waals surface area (Å²) in [6.45, 7) is 2.19. The van der Waals surface area contributed by atoms with Crippen molar-refractivity contribution in [3.05, 3.63) is 139 Å². The number of nitrogens with zero attached hydrogens (tertiary/aromatic N) is 2. The van der Waals surface area contributed by atoms with Gasteiger partial charge in [0.05, 0.1) is 5.58 Å². The summed E-state index contributed by atoms with van der Waals surface area (Å²) in [7, 11) is 0. The fraction of sp³-hybridized carbons (Fsp3) is 0.277. The summed E-state index contributed by atoms with van der Waals surface area (Å²) in [6.07, 6.45) is 12.3. The number of benzene rings is 4. The van der Waals surface area contributed by atoms with Crippen molar-refractivity contribution in [3.63, 3.8) is 0 Å². The van der Waals surface area contributed by atoms with E-state index in [0.717, 1.165) is 79.8 Å². The molecular formula is C47H45FGeIrN2O-2. The molecule has 7 aromatic rings. The minimum absolute atomic E-state index is 0. The summed E-state index contributed by atoms with van der Waals surface area (Å²) in [5.74, 6) is 9.65. The van der Waals surface area contributed by atoms with Gasteiger partial charge in [0.15, 0.2) is 0 Å². The van der Waals surface area contributed by atoms with Gasteiger partial charge in [0, 0.05) is 37.3 Å². The predicted octanol–water partition coefficient (Wildman–Crippen LogP) is 12.0. The number of halogens is 1. The summed E-state index contributed by atoms with van der Waals surface area (Å²) < 4.78 is 21.2. The van der Waals surface area contributed by atoms with Crippen LogP contribution >= 0.6 is 0 Å². The van der Waals surface area contributed by atoms with Gasteiger partial charge in [-0.1, -0.05) is 60.2 Å². The van der Waals surface area contributed by atoms with Crippen LogP contribution in [0.15, 0.2) is 114 Å². The van der Waals surface area contributed by atoms with Crippen LogP contribution in [0.3, 0.4) is 0 Å². The molecule has 3 saturated carbocycles. The largest absolute Gasteiger partial charge is 0.500 e. The maximum Gasteiger partial charge on any atom is 0.128 e. The molecule has 4 aromatic carbocycles. The van der Waals surface area contributed by atoms with E-state index in [1.807, 2.05) is 42.6 Å². The maximum absolute atomic E-state index is 13.5. The van der Waals surface area contributed by atoms with Gasteiger partial charge < -0.3 is 9.40 Å². The van der Waals surface area contributed by atoms with Crippen molar-refractivity contribution in [2.75, 3.05) is 0 Å². The monoisotopic (exact) mass is 939 g/mol. The third-order valence-corrected chi connectivity index (χ3v) is 15.8. The topological polar surface area (TPSA) is 38.9 Å². The quantitative estimate of drug-likeness (QED) is 0.123. The standard InChI is InChI=1S/C32H27FNO.C15H18GeN.Ir/c33-26-11-8-23(9-12-26)27-2-1-3-28-29-19-24(10-13-31(29)35-32(27)28)30-18-21(14-15-34-30)17-25-16-20-4-6-22(25)7-5-20;1-12-10-15(13-8-6-5-7-9-13)17-11-14(12)16(2,3)4;/h1-3,8-9,11-15,18-20,22,25H,4-7,16-17H2;5-8,10-11H,1-4H3;/q2*-1;. The van der Waals surface area contributed by atoms with Crippen LogP contribution in [0.2, 0.25) is 17.3 Å². The zero-order chi connectivity index (χ0) is 35.8. The number of para-hydroxylation sites is 1. The molecular weight excluding hydrogens is 892 g/mol. The van der Waals surface area contributed by atoms with E-state index < -0.39 is 13.3 Å². The molecule has 3 nitrogen and oxygen atoms in total. The smallest absolute Gasteiger partial charge is 0.128 e. The van der Waals surface area contributed by atoms with Gasteiger partial charge in [0.2, 0.25) is 0 Å². The third-order valence-electron chi connectivity index (χ3n) is 11.3. The molecule has 0 amide bonds. The van der Waals surface area contributed by atoms with Crippen LogP contribution in [0, 0.1) is 42.6 Å². The van der Waals surface area contributed by atoms with Gasteiger partial charge in [-0.2, -0.15) is 0 Å². The first-order chi connectivity index (χ1) is 25.2. The van der Waals surface area contributed by atoms with Crippen LogP contribution in [-0.4, -0.2) is 23.2 Å². The van der Waals surface area contributed by atoms with Gasteiger partial charge in [0.1, 0.15) is 11.4 Å². The van der Waals surface area contributed by atoms with Gasteiger partial charge in [-0.05, 0) is 72.9 Å². The minimum Gasteiger partial charge on any atom is -0.500 e. The summed E-state index contributed by atoms with van der Waals surface area (Å²) in [4.78, 5) is 9.29. The van der Waals surface area contributed by atoms with Crippen LogP contribution in [0.25, 0.3) is 55.6 Å². The minimum atomic E-state index is -1.77. The number of hydrogen-bond donors (Lipinski definition) is 0. The van der Waals surface area contributed by atoms with Crippen molar-refractivity contribution in [1.29, 1.82) is 0 Å². The Balaban J connectivity index is 0.000000205. The zero-order valence-electron chi connectivity index (χ0n) is 30.9. The predicted molar refractivity (Wildman–Crippen MR) is 215 cm³/mol. The van der Waals surface area contributed by atoms with Crippen molar-refractivity contribution < 1.29 is 28.9 Å². The van der Waals surface area contributed by atoms with Gasteiger partial charge in [-0.25, -0.2) is 4.39 Å². The van der Waals surface area contributed by atoms with Crippen molar-refractivity contribution in [2.45, 2.75) is 62.7 Å². The first-order valence-corrected chi connectivity index (χ1v) is 26.1. The van der Waals surface area contributed by atoms with Crippen LogP contribution in [0.5, 0.6) is 0 Å². The molecule has 0 saturated heterocycles. The normalized spacial score (nSPS) is 18.0. The molecule has 0 spiro atoms. The first kappa shape index (κ1) is 37.4. The average Bonchev–Trinajstić information content (AvgIpc) is 3.54. The Labute approximate surface area is 329 Å². The first-order valence-electron chi connectivity index (χ1n) is 18.7. The number of hydrogen-bond acceptors (Lipinski definition) is 3. The summed E-state index contributed by atoms with van der Waals surface area (Å²) in [5, 5.41) is 2.10. The van der Waals surface area contributed by atoms with Gasteiger partial charge in [0.25, 0.3) is 0 Å². The molecule has 271 valence electrons. The van der Waals surface area contributed by atoms with Gasteiger partial charge in [-0.3, -0.25) is 0 Å². The van der Waals surface area contributed by atoms with Crippen LogP contribution in [0.4, 0.5) is 4.39 Å². The van der Waals surface area contributed by atoms with Crippen molar-refractivity contribution in [3.8, 4) is 33.6 Å². The van der Waals surface area contributed by atoms with Crippen LogP contribution < -0.4 is 4.40 Å². The molecule has 1 atom stereocenters. The average molecular weight is 938 g/mol. The summed E-state index contributed by atoms with van der Waals surface area (Å²) in [5.41, 5.74) is 10.3. The van der Waals surface area contributed by atoms with Crippen LogP contribution in [0.1, 0.15) is 43.2 Å². The van der Waals surface area contributed by atoms with E-state index in [1.165, 1.54) is 59.8 Å². The second kappa shape index (κ2) is 15.8. The van der Waals surface area contributed by atoms with E-state index in [-0.39, 0.29) is 25.9 Å². The Morgan fingerprint density at radius 1 is 0.811 bits per heavy atom. The summed E-state index contributed by atoms with van der Waals surface area (Å²) in [6, 6.07) is 38.0. The van der Waals surface area contributed by atoms with Gasteiger partial charge in [-0.15, -0.1) is 23.8 Å². The van der Waals surface area contributed by atoms with E-state index in [9.17, 15) is 4.39 Å². The molecule has 3 fully saturated rings. The zero-order valence-corrected chi connectivity index (χ0v) is 35.4. The second-order valence-corrected chi connectivity index (χ2v) is 26.4. The van der Waals surface area contributed by atoms with Crippen molar-refractivity contribution >= 4 is 39.6 Å². The Bertz CT molecular complexity index is 2340. The van der Waals surface area contributed by atoms with E-state index in [2.05, 4.69) is 83.9 Å². The number of rotatable bonds is 6. The Morgan fingerprint density at radius 3 is 2.30 bits per heavy atom.